The van der Waals surface area contributed by atoms with Crippen molar-refractivity contribution in [1.82, 2.24) is 14.9 Å². The summed E-state index contributed by atoms with van der Waals surface area (Å²) in [6, 6.07) is 11.1. The van der Waals surface area contributed by atoms with Gasteiger partial charge < -0.3 is 14.4 Å². The molecule has 0 fully saturated rings. The fourth-order valence-electron chi connectivity index (χ4n) is 3.65. The van der Waals surface area contributed by atoms with Crippen molar-refractivity contribution in [2.24, 2.45) is 0 Å². The minimum atomic E-state index is -4.46. The third-order valence-electron chi connectivity index (χ3n) is 5.39. The van der Waals surface area contributed by atoms with Crippen LogP contribution in [0.3, 0.4) is 0 Å². The summed E-state index contributed by atoms with van der Waals surface area (Å²) in [5.41, 5.74) is 1.76. The van der Waals surface area contributed by atoms with E-state index in [9.17, 15) is 22.8 Å². The van der Waals surface area contributed by atoms with Gasteiger partial charge >= 0.3 is 12.1 Å². The zero-order valence-electron chi connectivity index (χ0n) is 18.3. The molecule has 3 heterocycles. The fraction of sp³-hybridized carbons (Fsp3) is 0.250. The number of pyridine rings is 2. The molecular formula is C24H20F3N3O4. The van der Waals surface area contributed by atoms with E-state index in [0.717, 1.165) is 0 Å². The third kappa shape index (κ3) is 4.85. The molecule has 0 radical (unpaired) electrons. The van der Waals surface area contributed by atoms with Crippen molar-refractivity contribution in [3.05, 3.63) is 82.9 Å². The number of alkyl halides is 3. The summed E-state index contributed by atoms with van der Waals surface area (Å²) in [7, 11) is 0. The summed E-state index contributed by atoms with van der Waals surface area (Å²) in [6.45, 7) is 2.04. The highest BCUT2D eigenvalue weighted by atomic mass is 19.4. The Morgan fingerprint density at radius 3 is 2.59 bits per heavy atom. The van der Waals surface area contributed by atoms with Gasteiger partial charge in [0, 0.05) is 23.9 Å². The van der Waals surface area contributed by atoms with Crippen molar-refractivity contribution in [2.75, 3.05) is 6.61 Å². The Labute approximate surface area is 193 Å². The van der Waals surface area contributed by atoms with E-state index in [2.05, 4.69) is 9.97 Å². The molecule has 0 saturated carbocycles. The van der Waals surface area contributed by atoms with Crippen LogP contribution in [0.5, 0.6) is 11.5 Å². The molecule has 1 amide bonds. The van der Waals surface area contributed by atoms with E-state index in [1.165, 1.54) is 23.4 Å². The molecule has 176 valence electrons. The molecule has 0 N–H and O–H groups in total. The molecule has 1 atom stereocenters. The lowest BCUT2D eigenvalue weighted by molar-refractivity contribution is -0.153. The number of para-hydroxylation sites is 1. The largest absolute Gasteiger partial charge is 0.482 e. The Balaban J connectivity index is 1.53. The van der Waals surface area contributed by atoms with Gasteiger partial charge in [-0.05, 0) is 43.7 Å². The lowest BCUT2D eigenvalue weighted by atomic mass is 10.1. The summed E-state index contributed by atoms with van der Waals surface area (Å²) in [4.78, 5) is 35.7. The predicted molar refractivity (Wildman–Crippen MR) is 114 cm³/mol. The number of carbonyl (C=O) groups excluding carboxylic acids is 2. The van der Waals surface area contributed by atoms with Gasteiger partial charge in [-0.1, -0.05) is 18.2 Å². The number of ether oxygens (including phenoxy) is 2. The average Bonchev–Trinajstić information content (AvgIpc) is 3.14. The lowest BCUT2D eigenvalue weighted by Crippen LogP contribution is -2.28. The molecular weight excluding hydrogens is 451 g/mol. The molecule has 1 aromatic carbocycles. The Morgan fingerprint density at radius 1 is 1.18 bits per heavy atom. The minimum absolute atomic E-state index is 0.0134. The SMILES string of the molecule is Cc1cc(C(C)N2Cc3c(ccnc3C(=O)Oc3ccccc3)C2=O)ncc1OCC(F)(F)F. The van der Waals surface area contributed by atoms with Crippen molar-refractivity contribution >= 4 is 11.9 Å². The van der Waals surface area contributed by atoms with Gasteiger partial charge in [0.2, 0.25) is 0 Å². The zero-order valence-corrected chi connectivity index (χ0v) is 18.3. The lowest BCUT2D eigenvalue weighted by Gasteiger charge is -2.24. The molecule has 34 heavy (non-hydrogen) atoms. The van der Waals surface area contributed by atoms with E-state index in [0.29, 0.717) is 28.1 Å². The van der Waals surface area contributed by atoms with Crippen molar-refractivity contribution in [2.45, 2.75) is 32.6 Å². The van der Waals surface area contributed by atoms with Crippen LogP contribution in [0.1, 0.15) is 50.6 Å². The van der Waals surface area contributed by atoms with E-state index < -0.39 is 24.8 Å². The van der Waals surface area contributed by atoms with Crippen LogP contribution in [0.25, 0.3) is 0 Å². The molecule has 0 bridgehead atoms. The second kappa shape index (κ2) is 9.12. The molecule has 0 spiro atoms. The maximum absolute atomic E-state index is 13.1. The highest BCUT2D eigenvalue weighted by Gasteiger charge is 2.36. The van der Waals surface area contributed by atoms with Crippen LogP contribution in [-0.2, 0) is 6.54 Å². The van der Waals surface area contributed by atoms with Gasteiger partial charge in [-0.25, -0.2) is 9.78 Å². The molecule has 0 aliphatic carbocycles. The smallest absolute Gasteiger partial charge is 0.422 e. The monoisotopic (exact) mass is 471 g/mol. The van der Waals surface area contributed by atoms with Crippen LogP contribution >= 0.6 is 0 Å². The standard InChI is InChI=1S/C24H20F3N3O4/c1-14-10-19(29-11-20(14)33-13-24(25,26)27)15(2)30-12-18-17(22(30)31)8-9-28-21(18)23(32)34-16-6-4-3-5-7-16/h3-11,15H,12-13H2,1-2H3. The summed E-state index contributed by atoms with van der Waals surface area (Å²) in [6.07, 6.45) is -1.87. The van der Waals surface area contributed by atoms with Crippen LogP contribution in [0.15, 0.2) is 54.9 Å². The summed E-state index contributed by atoms with van der Waals surface area (Å²) in [5.74, 6) is -0.616. The predicted octanol–water partition coefficient (Wildman–Crippen LogP) is 4.66. The van der Waals surface area contributed by atoms with E-state index in [1.807, 2.05) is 0 Å². The molecule has 7 nitrogen and oxygen atoms in total. The number of aryl methyl sites for hydroxylation is 1. The highest BCUT2D eigenvalue weighted by Crippen LogP contribution is 2.33. The molecule has 0 saturated heterocycles. The highest BCUT2D eigenvalue weighted by molar-refractivity contribution is 6.02. The number of esters is 1. The molecule has 1 aliphatic heterocycles. The normalized spacial score (nSPS) is 14.0. The summed E-state index contributed by atoms with van der Waals surface area (Å²) >= 11 is 0. The van der Waals surface area contributed by atoms with Gasteiger partial charge in [0.05, 0.1) is 17.9 Å². The van der Waals surface area contributed by atoms with Crippen molar-refractivity contribution < 1.29 is 32.2 Å². The Morgan fingerprint density at radius 2 is 1.91 bits per heavy atom. The van der Waals surface area contributed by atoms with Crippen molar-refractivity contribution in [3.8, 4) is 11.5 Å². The Hall–Kier alpha value is -3.95. The first kappa shape index (κ1) is 23.2. The quantitative estimate of drug-likeness (QED) is 0.384. The topological polar surface area (TPSA) is 81.6 Å². The number of fused-ring (bicyclic) bond motifs is 1. The van der Waals surface area contributed by atoms with E-state index in [1.54, 1.807) is 50.2 Å². The van der Waals surface area contributed by atoms with Gasteiger partial charge in [-0.15, -0.1) is 0 Å². The summed E-state index contributed by atoms with van der Waals surface area (Å²) in [5, 5.41) is 0. The van der Waals surface area contributed by atoms with Crippen LogP contribution in [0.4, 0.5) is 13.2 Å². The Bertz CT molecular complexity index is 1230. The molecule has 10 heteroatoms. The van der Waals surface area contributed by atoms with Crippen molar-refractivity contribution in [1.29, 1.82) is 0 Å². The number of rotatable bonds is 6. The minimum Gasteiger partial charge on any atom is -0.482 e. The van der Waals surface area contributed by atoms with Gasteiger partial charge in [-0.3, -0.25) is 9.78 Å². The van der Waals surface area contributed by atoms with Crippen LogP contribution in [-0.4, -0.2) is 39.5 Å². The van der Waals surface area contributed by atoms with Crippen LogP contribution in [0, 0.1) is 6.92 Å². The van der Waals surface area contributed by atoms with Gasteiger partial charge in [0.15, 0.2) is 12.3 Å². The summed E-state index contributed by atoms with van der Waals surface area (Å²) < 4.78 is 47.5. The fourth-order valence-corrected chi connectivity index (χ4v) is 3.65. The number of benzene rings is 1. The van der Waals surface area contributed by atoms with Gasteiger partial charge in [0.25, 0.3) is 5.91 Å². The number of carbonyl (C=O) groups is 2. The van der Waals surface area contributed by atoms with Crippen LogP contribution < -0.4 is 9.47 Å². The third-order valence-corrected chi connectivity index (χ3v) is 5.39. The maximum Gasteiger partial charge on any atom is 0.422 e. The van der Waals surface area contributed by atoms with E-state index in [-0.39, 0.29) is 23.9 Å². The second-order valence-electron chi connectivity index (χ2n) is 7.78. The maximum atomic E-state index is 13.1. The first-order chi connectivity index (χ1) is 16.1. The number of aromatic nitrogens is 2. The molecule has 3 aromatic rings. The second-order valence-corrected chi connectivity index (χ2v) is 7.78. The van der Waals surface area contributed by atoms with Crippen LogP contribution in [0.2, 0.25) is 0 Å². The number of nitrogens with zero attached hydrogens (tertiary/aromatic N) is 3. The molecule has 4 rings (SSSR count). The first-order valence-corrected chi connectivity index (χ1v) is 10.4. The van der Waals surface area contributed by atoms with E-state index >= 15 is 0 Å². The number of hydrogen-bond donors (Lipinski definition) is 0. The Kier molecular flexibility index (Phi) is 6.23. The van der Waals surface area contributed by atoms with Crippen molar-refractivity contribution in [3.63, 3.8) is 0 Å². The molecule has 1 unspecified atom stereocenters. The van der Waals surface area contributed by atoms with Gasteiger partial charge in [-0.2, -0.15) is 13.2 Å². The number of amides is 1. The number of hydrogen-bond acceptors (Lipinski definition) is 6. The molecule has 1 aliphatic rings. The first-order valence-electron chi connectivity index (χ1n) is 10.4. The zero-order chi connectivity index (χ0) is 24.5. The number of halogens is 3. The van der Waals surface area contributed by atoms with E-state index in [4.69, 9.17) is 9.47 Å². The molecule has 2 aromatic heterocycles. The average molecular weight is 471 g/mol. The van der Waals surface area contributed by atoms with Gasteiger partial charge in [0.1, 0.15) is 11.5 Å².